The normalized spacial score (nSPS) is 14.7. The summed E-state index contributed by atoms with van der Waals surface area (Å²) in [6, 6.07) is -0.383. The molecule has 3 N–H and O–H groups in total. The second-order valence-electron chi connectivity index (χ2n) is 2.92. The average Bonchev–Trinajstić information content (AvgIpc) is 2.03. The van der Waals surface area contributed by atoms with Gasteiger partial charge in [0.1, 0.15) is 0 Å². The van der Waals surface area contributed by atoms with Crippen molar-refractivity contribution in [3.8, 4) is 0 Å². The van der Waals surface area contributed by atoms with Crippen molar-refractivity contribution in [1.82, 2.24) is 0 Å². The molecule has 0 spiro atoms. The van der Waals surface area contributed by atoms with E-state index in [0.29, 0.717) is 0 Å². The van der Waals surface area contributed by atoms with Crippen molar-refractivity contribution in [2.75, 3.05) is 7.11 Å². The number of carboxylic acid groups (broad SMARTS) is 1. The number of rotatable bonds is 5. The molecule has 0 aliphatic heterocycles. The van der Waals surface area contributed by atoms with Crippen LogP contribution in [0.5, 0.6) is 0 Å². The van der Waals surface area contributed by atoms with E-state index in [2.05, 4.69) is 4.74 Å². The van der Waals surface area contributed by atoms with Crippen molar-refractivity contribution >= 4 is 11.9 Å². The minimum Gasteiger partial charge on any atom is -0.481 e. The summed E-state index contributed by atoms with van der Waals surface area (Å²) in [5, 5.41) is 8.41. The lowest BCUT2D eigenvalue weighted by Gasteiger charge is -2.16. The van der Waals surface area contributed by atoms with Gasteiger partial charge in [-0.05, 0) is 13.3 Å². The van der Waals surface area contributed by atoms with E-state index in [-0.39, 0.29) is 18.9 Å². The van der Waals surface area contributed by atoms with Crippen LogP contribution in [0.15, 0.2) is 0 Å². The highest BCUT2D eigenvalue weighted by Gasteiger charge is 2.23. The first-order chi connectivity index (χ1) is 5.99. The molecule has 0 aromatic heterocycles. The summed E-state index contributed by atoms with van der Waals surface area (Å²) >= 11 is 0. The Morgan fingerprint density at radius 3 is 2.38 bits per heavy atom. The average molecular weight is 189 g/mol. The van der Waals surface area contributed by atoms with Gasteiger partial charge in [-0.2, -0.15) is 0 Å². The molecule has 0 radical (unpaired) electrons. The molecule has 13 heavy (non-hydrogen) atoms. The monoisotopic (exact) mass is 189 g/mol. The lowest BCUT2D eigenvalue weighted by atomic mass is 9.96. The molecule has 0 fully saturated rings. The quantitative estimate of drug-likeness (QED) is 0.593. The van der Waals surface area contributed by atoms with Crippen LogP contribution in [-0.2, 0) is 14.3 Å². The molecule has 0 rings (SSSR count). The van der Waals surface area contributed by atoms with E-state index in [1.54, 1.807) is 6.92 Å². The number of hydrogen-bond donors (Lipinski definition) is 2. The zero-order chi connectivity index (χ0) is 10.4. The smallest absolute Gasteiger partial charge is 0.310 e. The first-order valence-electron chi connectivity index (χ1n) is 4.04. The van der Waals surface area contributed by atoms with Gasteiger partial charge in [0.25, 0.3) is 0 Å². The Morgan fingerprint density at radius 1 is 1.54 bits per heavy atom. The van der Waals surface area contributed by atoms with Crippen molar-refractivity contribution in [2.45, 2.75) is 25.8 Å². The predicted molar refractivity (Wildman–Crippen MR) is 46.0 cm³/mol. The van der Waals surface area contributed by atoms with E-state index in [4.69, 9.17) is 10.8 Å². The van der Waals surface area contributed by atoms with E-state index in [1.165, 1.54) is 7.11 Å². The van der Waals surface area contributed by atoms with E-state index >= 15 is 0 Å². The number of ether oxygens (including phenoxy) is 1. The first kappa shape index (κ1) is 11.9. The molecule has 5 heteroatoms. The highest BCUT2D eigenvalue weighted by Crippen LogP contribution is 2.11. The van der Waals surface area contributed by atoms with Crippen LogP contribution in [0.4, 0.5) is 0 Å². The standard InChI is InChI=1S/C8H15NO4/c1-5(9)6(8(12)13-2)3-4-7(10)11/h5-6H,3-4,9H2,1-2H3,(H,10,11)/t5?,6-/m1/s1. The number of carbonyl (C=O) groups is 2. The largest absolute Gasteiger partial charge is 0.481 e. The molecule has 5 nitrogen and oxygen atoms in total. The third-order valence-corrected chi connectivity index (χ3v) is 1.81. The van der Waals surface area contributed by atoms with E-state index in [1.807, 2.05) is 0 Å². The summed E-state index contributed by atoms with van der Waals surface area (Å²) in [6.07, 6.45) is 0.154. The Balaban J connectivity index is 4.10. The summed E-state index contributed by atoms with van der Waals surface area (Å²) in [6.45, 7) is 1.66. The van der Waals surface area contributed by atoms with Gasteiger partial charge >= 0.3 is 11.9 Å². The SMILES string of the molecule is COC(=O)[C@H](CCC(=O)O)C(C)N. The summed E-state index contributed by atoms with van der Waals surface area (Å²) in [5.74, 6) is -1.91. The number of nitrogens with two attached hydrogens (primary N) is 1. The number of aliphatic carboxylic acids is 1. The van der Waals surface area contributed by atoms with Gasteiger partial charge in [0, 0.05) is 12.5 Å². The molecule has 0 saturated carbocycles. The van der Waals surface area contributed by atoms with Crippen molar-refractivity contribution in [3.63, 3.8) is 0 Å². The Kier molecular flexibility index (Phi) is 5.06. The van der Waals surface area contributed by atoms with Gasteiger partial charge in [-0.1, -0.05) is 0 Å². The first-order valence-corrected chi connectivity index (χ1v) is 4.04. The van der Waals surface area contributed by atoms with Crippen LogP contribution in [0, 0.1) is 5.92 Å². The van der Waals surface area contributed by atoms with Gasteiger partial charge in [-0.25, -0.2) is 0 Å². The van der Waals surface area contributed by atoms with Gasteiger partial charge in [0.05, 0.1) is 13.0 Å². The van der Waals surface area contributed by atoms with Gasteiger partial charge in [0.15, 0.2) is 0 Å². The van der Waals surface area contributed by atoms with Gasteiger partial charge in [0.2, 0.25) is 0 Å². The molecule has 0 heterocycles. The molecular weight excluding hydrogens is 174 g/mol. The lowest BCUT2D eigenvalue weighted by molar-refractivity contribution is -0.146. The Bertz CT molecular complexity index is 191. The molecule has 2 atom stereocenters. The molecule has 0 aliphatic rings. The van der Waals surface area contributed by atoms with Crippen LogP contribution in [0.2, 0.25) is 0 Å². The zero-order valence-electron chi connectivity index (χ0n) is 7.82. The second-order valence-corrected chi connectivity index (χ2v) is 2.92. The van der Waals surface area contributed by atoms with Crippen LogP contribution >= 0.6 is 0 Å². The Hall–Kier alpha value is -1.10. The fourth-order valence-electron chi connectivity index (χ4n) is 1.03. The molecule has 0 amide bonds. The van der Waals surface area contributed by atoms with Crippen molar-refractivity contribution in [3.05, 3.63) is 0 Å². The minimum atomic E-state index is -0.936. The van der Waals surface area contributed by atoms with E-state index in [0.717, 1.165) is 0 Å². The lowest BCUT2D eigenvalue weighted by Crippen LogP contribution is -2.34. The maximum Gasteiger partial charge on any atom is 0.310 e. The molecule has 0 aliphatic carbocycles. The van der Waals surface area contributed by atoms with Gasteiger partial charge in [-0.3, -0.25) is 9.59 Å². The number of methoxy groups -OCH3 is 1. The maximum absolute atomic E-state index is 11.1. The molecule has 1 unspecified atom stereocenters. The highest BCUT2D eigenvalue weighted by atomic mass is 16.5. The highest BCUT2D eigenvalue weighted by molar-refractivity contribution is 5.74. The molecular formula is C8H15NO4. The molecule has 0 aromatic rings. The Morgan fingerprint density at radius 2 is 2.08 bits per heavy atom. The maximum atomic E-state index is 11.1. The zero-order valence-corrected chi connectivity index (χ0v) is 7.82. The van der Waals surface area contributed by atoms with Crippen LogP contribution in [0.25, 0.3) is 0 Å². The second kappa shape index (κ2) is 5.53. The third-order valence-electron chi connectivity index (χ3n) is 1.81. The molecule has 0 saturated heterocycles. The minimum absolute atomic E-state index is 0.0681. The van der Waals surface area contributed by atoms with Crippen molar-refractivity contribution in [1.29, 1.82) is 0 Å². The molecule has 76 valence electrons. The van der Waals surface area contributed by atoms with Crippen LogP contribution in [0.1, 0.15) is 19.8 Å². The van der Waals surface area contributed by atoms with Crippen molar-refractivity contribution < 1.29 is 19.4 Å². The van der Waals surface area contributed by atoms with Gasteiger partial charge in [-0.15, -0.1) is 0 Å². The number of carboxylic acids is 1. The van der Waals surface area contributed by atoms with Gasteiger partial charge < -0.3 is 15.6 Å². The summed E-state index contributed by atoms with van der Waals surface area (Å²) in [7, 11) is 1.26. The third kappa shape index (κ3) is 4.47. The number of esters is 1. The fourth-order valence-corrected chi connectivity index (χ4v) is 1.03. The van der Waals surface area contributed by atoms with Crippen LogP contribution in [-0.4, -0.2) is 30.2 Å². The predicted octanol–water partition coefficient (Wildman–Crippen LogP) is -0.0124. The van der Waals surface area contributed by atoms with E-state index < -0.39 is 17.9 Å². The summed E-state index contributed by atoms with van der Waals surface area (Å²) in [5.41, 5.74) is 5.51. The van der Waals surface area contributed by atoms with Crippen LogP contribution in [0.3, 0.4) is 0 Å². The molecule has 0 bridgehead atoms. The number of hydrogen-bond acceptors (Lipinski definition) is 4. The molecule has 0 aromatic carbocycles. The summed E-state index contributed by atoms with van der Waals surface area (Å²) < 4.78 is 4.49. The van der Waals surface area contributed by atoms with E-state index in [9.17, 15) is 9.59 Å². The number of carbonyl (C=O) groups excluding carboxylic acids is 1. The van der Waals surface area contributed by atoms with Crippen molar-refractivity contribution in [2.24, 2.45) is 11.7 Å². The van der Waals surface area contributed by atoms with Crippen LogP contribution < -0.4 is 5.73 Å². The fraction of sp³-hybridized carbons (Fsp3) is 0.750. The summed E-state index contributed by atoms with van der Waals surface area (Å²) in [4.78, 5) is 21.3. The topological polar surface area (TPSA) is 89.6 Å². The Labute approximate surface area is 76.9 Å².